The molecule has 0 atom stereocenters. The molecule has 0 unspecified atom stereocenters. The van der Waals surface area contributed by atoms with E-state index in [0.29, 0.717) is 21.6 Å². The molecule has 0 N–H and O–H groups in total. The van der Waals surface area contributed by atoms with E-state index in [2.05, 4.69) is 47.1 Å². The third kappa shape index (κ3) is 4.08. The van der Waals surface area contributed by atoms with Crippen LogP contribution >= 0.6 is 27.5 Å². The average molecular weight is 367 g/mol. The second-order valence-corrected chi connectivity index (χ2v) is 6.25. The van der Waals surface area contributed by atoms with Gasteiger partial charge in [0.15, 0.2) is 0 Å². The summed E-state index contributed by atoms with van der Waals surface area (Å²) in [4.78, 5) is 14.2. The van der Waals surface area contributed by atoms with Gasteiger partial charge >= 0.3 is 0 Å². The standard InChI is InChI=1S/C17H17BrClNO/c1-3-12-4-6-13(7-5-12)11-20(2)17(21)15-9-8-14(19)10-16(15)18/h4-10H,3,11H2,1-2H3. The Hall–Kier alpha value is -1.32. The monoisotopic (exact) mass is 365 g/mol. The predicted molar refractivity (Wildman–Crippen MR) is 90.8 cm³/mol. The molecule has 0 heterocycles. The molecular formula is C17H17BrClNO. The second kappa shape index (κ2) is 7.10. The number of carbonyl (C=O) groups is 1. The highest BCUT2D eigenvalue weighted by molar-refractivity contribution is 9.10. The van der Waals surface area contributed by atoms with Crippen LogP contribution in [-0.4, -0.2) is 17.9 Å². The van der Waals surface area contributed by atoms with Crippen LogP contribution in [0.2, 0.25) is 5.02 Å². The lowest BCUT2D eigenvalue weighted by molar-refractivity contribution is 0.0784. The summed E-state index contributed by atoms with van der Waals surface area (Å²) in [6, 6.07) is 13.5. The Morgan fingerprint density at radius 3 is 2.33 bits per heavy atom. The zero-order chi connectivity index (χ0) is 15.4. The molecule has 2 aromatic rings. The lowest BCUT2D eigenvalue weighted by Gasteiger charge is -2.18. The van der Waals surface area contributed by atoms with Crippen LogP contribution in [0, 0.1) is 0 Å². The lowest BCUT2D eigenvalue weighted by Crippen LogP contribution is -2.26. The number of halogens is 2. The van der Waals surface area contributed by atoms with Crippen molar-refractivity contribution in [3.05, 3.63) is 68.7 Å². The number of nitrogens with zero attached hydrogens (tertiary/aromatic N) is 1. The van der Waals surface area contributed by atoms with Crippen LogP contribution < -0.4 is 0 Å². The molecule has 0 aliphatic heterocycles. The molecule has 0 aromatic heterocycles. The van der Waals surface area contributed by atoms with Gasteiger partial charge in [-0.15, -0.1) is 0 Å². The first-order valence-corrected chi connectivity index (χ1v) is 7.96. The minimum absolute atomic E-state index is 0.0295. The van der Waals surface area contributed by atoms with Crippen LogP contribution in [0.1, 0.15) is 28.4 Å². The maximum Gasteiger partial charge on any atom is 0.255 e. The third-order valence-electron chi connectivity index (χ3n) is 3.36. The Morgan fingerprint density at radius 2 is 1.76 bits per heavy atom. The van der Waals surface area contributed by atoms with Crippen molar-refractivity contribution in [2.24, 2.45) is 0 Å². The molecule has 1 amide bonds. The Bertz CT molecular complexity index is 640. The van der Waals surface area contributed by atoms with E-state index in [1.807, 2.05) is 0 Å². The molecule has 2 nitrogen and oxygen atoms in total. The van der Waals surface area contributed by atoms with Crippen molar-refractivity contribution in [2.75, 3.05) is 7.05 Å². The molecule has 0 fully saturated rings. The van der Waals surface area contributed by atoms with Crippen molar-refractivity contribution in [1.82, 2.24) is 4.90 Å². The number of rotatable bonds is 4. The van der Waals surface area contributed by atoms with E-state index >= 15 is 0 Å². The number of aryl methyl sites for hydroxylation is 1. The van der Waals surface area contributed by atoms with Gasteiger partial charge in [-0.1, -0.05) is 42.8 Å². The van der Waals surface area contributed by atoms with Gasteiger partial charge in [-0.3, -0.25) is 4.79 Å². The zero-order valence-electron chi connectivity index (χ0n) is 12.1. The molecule has 0 radical (unpaired) electrons. The molecule has 2 aromatic carbocycles. The Labute approximate surface area is 138 Å². The van der Waals surface area contributed by atoms with Crippen molar-refractivity contribution in [2.45, 2.75) is 19.9 Å². The Morgan fingerprint density at radius 1 is 1.14 bits per heavy atom. The fourth-order valence-electron chi connectivity index (χ4n) is 2.09. The highest BCUT2D eigenvalue weighted by Crippen LogP contribution is 2.23. The summed E-state index contributed by atoms with van der Waals surface area (Å²) in [5.74, 6) is -0.0295. The van der Waals surface area contributed by atoms with E-state index in [0.717, 1.165) is 12.0 Å². The first-order chi connectivity index (χ1) is 10.0. The summed E-state index contributed by atoms with van der Waals surface area (Å²) >= 11 is 9.29. The van der Waals surface area contributed by atoms with Gasteiger partial charge in [-0.05, 0) is 51.7 Å². The summed E-state index contributed by atoms with van der Waals surface area (Å²) in [6.45, 7) is 2.71. The van der Waals surface area contributed by atoms with Crippen molar-refractivity contribution in [3.8, 4) is 0 Å². The van der Waals surface area contributed by atoms with E-state index in [1.165, 1.54) is 5.56 Å². The fourth-order valence-corrected chi connectivity index (χ4v) is 2.95. The molecule has 0 spiro atoms. The summed E-state index contributed by atoms with van der Waals surface area (Å²) in [5.41, 5.74) is 3.04. The zero-order valence-corrected chi connectivity index (χ0v) is 14.4. The van der Waals surface area contributed by atoms with Gasteiger partial charge in [-0.25, -0.2) is 0 Å². The molecular weight excluding hydrogens is 350 g/mol. The van der Waals surface area contributed by atoms with Crippen LogP contribution in [0.4, 0.5) is 0 Å². The van der Waals surface area contributed by atoms with E-state index in [4.69, 9.17) is 11.6 Å². The van der Waals surface area contributed by atoms with Crippen molar-refractivity contribution in [3.63, 3.8) is 0 Å². The summed E-state index contributed by atoms with van der Waals surface area (Å²) < 4.78 is 0.716. The molecule has 0 aliphatic rings. The molecule has 2 rings (SSSR count). The highest BCUT2D eigenvalue weighted by atomic mass is 79.9. The van der Waals surface area contributed by atoms with Gasteiger partial charge < -0.3 is 4.90 Å². The summed E-state index contributed by atoms with van der Waals surface area (Å²) in [7, 11) is 1.80. The molecule has 110 valence electrons. The topological polar surface area (TPSA) is 20.3 Å². The SMILES string of the molecule is CCc1ccc(CN(C)C(=O)c2ccc(Cl)cc2Br)cc1. The first-order valence-electron chi connectivity index (χ1n) is 6.79. The smallest absolute Gasteiger partial charge is 0.255 e. The van der Waals surface area contributed by atoms with Gasteiger partial charge in [0.25, 0.3) is 5.91 Å². The van der Waals surface area contributed by atoms with Gasteiger partial charge in [0.05, 0.1) is 5.56 Å². The highest BCUT2D eigenvalue weighted by Gasteiger charge is 2.15. The molecule has 4 heteroatoms. The quantitative estimate of drug-likeness (QED) is 0.750. The summed E-state index contributed by atoms with van der Waals surface area (Å²) in [5, 5.41) is 0.608. The minimum Gasteiger partial charge on any atom is -0.337 e. The Kier molecular flexibility index (Phi) is 5.43. The van der Waals surface area contributed by atoms with Crippen molar-refractivity contribution < 1.29 is 4.79 Å². The van der Waals surface area contributed by atoms with E-state index in [9.17, 15) is 4.79 Å². The number of amides is 1. The van der Waals surface area contributed by atoms with E-state index in [-0.39, 0.29) is 5.91 Å². The number of benzene rings is 2. The van der Waals surface area contributed by atoms with Gasteiger partial charge in [0, 0.05) is 23.1 Å². The minimum atomic E-state index is -0.0295. The molecule has 0 saturated carbocycles. The van der Waals surface area contributed by atoms with Crippen molar-refractivity contribution in [1.29, 1.82) is 0 Å². The number of hydrogen-bond donors (Lipinski definition) is 0. The molecule has 0 aliphatic carbocycles. The molecule has 0 saturated heterocycles. The number of hydrogen-bond acceptors (Lipinski definition) is 1. The Balaban J connectivity index is 2.11. The van der Waals surface area contributed by atoms with E-state index < -0.39 is 0 Å². The van der Waals surface area contributed by atoms with Gasteiger partial charge in [0.2, 0.25) is 0 Å². The van der Waals surface area contributed by atoms with Gasteiger partial charge in [0.1, 0.15) is 0 Å². The maximum atomic E-state index is 12.5. The van der Waals surface area contributed by atoms with Gasteiger partial charge in [-0.2, -0.15) is 0 Å². The predicted octanol–water partition coefficient (Wildman–Crippen LogP) is 4.94. The van der Waals surface area contributed by atoms with Crippen LogP contribution in [-0.2, 0) is 13.0 Å². The first kappa shape index (κ1) is 16.1. The van der Waals surface area contributed by atoms with E-state index in [1.54, 1.807) is 30.1 Å². The third-order valence-corrected chi connectivity index (χ3v) is 4.25. The van der Waals surface area contributed by atoms with Crippen LogP contribution in [0.25, 0.3) is 0 Å². The second-order valence-electron chi connectivity index (χ2n) is 4.96. The largest absolute Gasteiger partial charge is 0.337 e. The normalized spacial score (nSPS) is 10.5. The van der Waals surface area contributed by atoms with Crippen LogP contribution in [0.15, 0.2) is 46.9 Å². The maximum absolute atomic E-state index is 12.5. The number of carbonyl (C=O) groups excluding carboxylic acids is 1. The fraction of sp³-hybridized carbons (Fsp3) is 0.235. The molecule has 21 heavy (non-hydrogen) atoms. The average Bonchev–Trinajstić information content (AvgIpc) is 2.47. The lowest BCUT2D eigenvalue weighted by atomic mass is 10.1. The van der Waals surface area contributed by atoms with Crippen LogP contribution in [0.5, 0.6) is 0 Å². The summed E-state index contributed by atoms with van der Waals surface area (Å²) in [6.07, 6.45) is 1.02. The molecule has 0 bridgehead atoms. The van der Waals surface area contributed by atoms with Crippen LogP contribution in [0.3, 0.4) is 0 Å². The van der Waals surface area contributed by atoms with Crippen molar-refractivity contribution >= 4 is 33.4 Å².